The number of hydrogen-bond acceptors (Lipinski definition) is 2. The van der Waals surface area contributed by atoms with E-state index in [1.165, 1.54) is 0 Å². The molecule has 0 aromatic rings. The predicted octanol–water partition coefficient (Wildman–Crippen LogP) is -1.32. The third-order valence-corrected chi connectivity index (χ3v) is 0. The van der Waals surface area contributed by atoms with Gasteiger partial charge in [-0.25, -0.2) is 0 Å². The van der Waals surface area contributed by atoms with Gasteiger partial charge in [0.05, 0.1) is 0 Å². The maximum atomic E-state index is 9.02. The van der Waals surface area contributed by atoms with E-state index in [-0.39, 0.29) is 0 Å². The molecule has 4 heavy (non-hydrogen) atoms. The van der Waals surface area contributed by atoms with E-state index in [2.05, 4.69) is 0 Å². The molecule has 4 heteroatoms. The Kier molecular flexibility index (Phi) is 2.64. The Balaban J connectivity index is 2.80. The molecule has 0 saturated heterocycles. The summed E-state index contributed by atoms with van der Waals surface area (Å²) >= 11 is 0.789. The summed E-state index contributed by atoms with van der Waals surface area (Å²) in [4.78, 5) is 0. The van der Waals surface area contributed by atoms with Crippen molar-refractivity contribution in [3.63, 3.8) is 0 Å². The molecular formula is HO2STe-. The summed E-state index contributed by atoms with van der Waals surface area (Å²) in [7, 11) is -1.81. The molecule has 0 aliphatic heterocycles. The fourth-order valence-electron chi connectivity index (χ4n) is 0. The van der Waals surface area contributed by atoms with E-state index < -0.39 is 8.31 Å². The minimum absolute atomic E-state index is 0.789. The van der Waals surface area contributed by atoms with Gasteiger partial charge in [0.2, 0.25) is 0 Å². The summed E-state index contributed by atoms with van der Waals surface area (Å²) in [5, 5.41) is 0. The van der Waals surface area contributed by atoms with Crippen molar-refractivity contribution in [3.8, 4) is 0 Å². The molecule has 1 unspecified atom stereocenters. The van der Waals surface area contributed by atoms with Crippen molar-refractivity contribution in [2.75, 3.05) is 0 Å². The minimum atomic E-state index is -1.81. The third-order valence-electron chi connectivity index (χ3n) is 0. The molecule has 0 aliphatic rings. The molecule has 0 N–H and O–H groups in total. The molecule has 0 rings (SSSR count). The summed E-state index contributed by atoms with van der Waals surface area (Å²) in [5.41, 5.74) is 0. The van der Waals surface area contributed by atoms with Crippen molar-refractivity contribution in [1.82, 2.24) is 0 Å². The van der Waals surface area contributed by atoms with E-state index in [0.29, 0.717) is 0 Å². The Labute approximate surface area is 38.3 Å². The molecule has 0 fully saturated rings. The van der Waals surface area contributed by atoms with Crippen LogP contribution in [0.25, 0.3) is 0 Å². The predicted molar refractivity (Wildman–Crippen MR) is 16.1 cm³/mol. The van der Waals surface area contributed by atoms with Crippen LogP contribution in [0, 0.1) is 0 Å². The zero-order valence-electron chi connectivity index (χ0n) is 1.67. The Morgan fingerprint density at radius 2 is 2.00 bits per heavy atom. The van der Waals surface area contributed by atoms with E-state index in [1.54, 1.807) is 0 Å². The zero-order chi connectivity index (χ0) is 3.58. The molecule has 0 aromatic carbocycles. The number of rotatable bonds is 0. The van der Waals surface area contributed by atoms with Crippen LogP contribution in [0.15, 0.2) is 0 Å². The Morgan fingerprint density at radius 1 is 2.00 bits per heavy atom. The molecule has 0 spiro atoms. The van der Waals surface area contributed by atoms with Crippen molar-refractivity contribution < 1.29 is 8.76 Å². The van der Waals surface area contributed by atoms with Gasteiger partial charge in [-0.15, -0.1) is 0 Å². The second kappa shape index (κ2) is 2.16. The molecule has 0 amide bonds. The standard InChI is InChI=1S/H2O2STe/c1-3(2)4/h(H2,1,2,4)/p-1. The fraction of sp³-hybridized carbons (Fsp3) is 0. The van der Waals surface area contributed by atoms with Crippen LogP contribution >= 0.6 is 0 Å². The van der Waals surface area contributed by atoms with Gasteiger partial charge in [0.1, 0.15) is 0 Å². The van der Waals surface area contributed by atoms with Crippen LogP contribution in [0.2, 0.25) is 0 Å². The van der Waals surface area contributed by atoms with Gasteiger partial charge in [-0.2, -0.15) is 0 Å². The van der Waals surface area contributed by atoms with Gasteiger partial charge in [0.15, 0.2) is 0 Å². The zero-order valence-corrected chi connectivity index (χ0v) is 5.04. The second-order valence-corrected chi connectivity index (χ2v) is 3.20. The van der Waals surface area contributed by atoms with E-state index >= 15 is 0 Å². The molecular weight excluding hydrogens is 192 g/mol. The molecule has 1 atom stereocenters. The normalized spacial score (nSPS) is 15.5. The van der Waals surface area contributed by atoms with Crippen LogP contribution in [-0.2, 0) is 8.31 Å². The van der Waals surface area contributed by atoms with Crippen LogP contribution in [0.5, 0.6) is 0 Å². The van der Waals surface area contributed by atoms with Crippen molar-refractivity contribution in [2.45, 2.75) is 0 Å². The summed E-state index contributed by atoms with van der Waals surface area (Å²) in [5.74, 6) is 0. The van der Waals surface area contributed by atoms with E-state index in [1.807, 2.05) is 0 Å². The van der Waals surface area contributed by atoms with Gasteiger partial charge in [-0.3, -0.25) is 0 Å². The molecule has 0 bridgehead atoms. The molecule has 26 valence electrons. The van der Waals surface area contributed by atoms with Crippen molar-refractivity contribution in [3.05, 3.63) is 0 Å². The van der Waals surface area contributed by atoms with Crippen molar-refractivity contribution in [1.29, 1.82) is 0 Å². The molecule has 0 aliphatic carbocycles. The van der Waals surface area contributed by atoms with Gasteiger partial charge < -0.3 is 0 Å². The van der Waals surface area contributed by atoms with Crippen LogP contribution in [0.4, 0.5) is 0 Å². The van der Waals surface area contributed by atoms with Crippen LogP contribution in [0.1, 0.15) is 0 Å². The topological polar surface area (TPSA) is 40.1 Å². The maximum absolute atomic E-state index is 9.02. The summed E-state index contributed by atoms with van der Waals surface area (Å²) < 4.78 is 18.0. The first-order chi connectivity index (χ1) is 1.73. The SMILES string of the molecule is O=S([O-])[TeH]. The van der Waals surface area contributed by atoms with E-state index in [4.69, 9.17) is 8.76 Å². The fourth-order valence-corrected chi connectivity index (χ4v) is 0. The third kappa shape index (κ3) is 12.9. The van der Waals surface area contributed by atoms with Gasteiger partial charge in [0, 0.05) is 0 Å². The molecule has 0 heterocycles. The van der Waals surface area contributed by atoms with Gasteiger partial charge in [0.25, 0.3) is 0 Å². The van der Waals surface area contributed by atoms with Gasteiger partial charge in [-0.05, 0) is 0 Å². The second-order valence-electron chi connectivity index (χ2n) is 0.217. The van der Waals surface area contributed by atoms with E-state index in [0.717, 1.165) is 20.9 Å². The summed E-state index contributed by atoms with van der Waals surface area (Å²) in [6.07, 6.45) is 0. The van der Waals surface area contributed by atoms with Crippen LogP contribution in [-0.4, -0.2) is 29.7 Å². The Bertz CT molecular complexity index is 29.0. The van der Waals surface area contributed by atoms with Crippen molar-refractivity contribution in [2.24, 2.45) is 0 Å². The molecule has 0 radical (unpaired) electrons. The number of hydrogen-bond donors (Lipinski definition) is 0. The van der Waals surface area contributed by atoms with Gasteiger partial charge in [-0.1, -0.05) is 0 Å². The quantitative estimate of drug-likeness (QED) is 0.353. The molecule has 2 nitrogen and oxygen atoms in total. The first kappa shape index (κ1) is 4.90. The first-order valence-electron chi connectivity index (χ1n) is 0.516. The first-order valence-corrected chi connectivity index (χ1v) is 4.67. The van der Waals surface area contributed by atoms with E-state index in [9.17, 15) is 0 Å². The monoisotopic (exact) mass is 195 g/mol. The average Bonchev–Trinajstić information content (AvgIpc) is 0.811. The van der Waals surface area contributed by atoms with Crippen molar-refractivity contribution >= 4 is 29.2 Å². The average molecular weight is 193 g/mol. The molecule has 0 saturated carbocycles. The molecule has 0 aromatic heterocycles. The van der Waals surface area contributed by atoms with Gasteiger partial charge >= 0.3 is 38.0 Å². The van der Waals surface area contributed by atoms with Crippen LogP contribution in [0.3, 0.4) is 0 Å². The van der Waals surface area contributed by atoms with Crippen LogP contribution < -0.4 is 0 Å². The Hall–Kier alpha value is 0.900. The Morgan fingerprint density at radius 3 is 2.00 bits per heavy atom. The summed E-state index contributed by atoms with van der Waals surface area (Å²) in [6, 6.07) is 0. The summed E-state index contributed by atoms with van der Waals surface area (Å²) in [6.45, 7) is 0.